The highest BCUT2D eigenvalue weighted by Crippen LogP contribution is 2.21. The maximum Gasteiger partial charge on any atom is 0.0701 e. The van der Waals surface area contributed by atoms with Gasteiger partial charge in [-0.05, 0) is 52.7 Å². The fraction of sp³-hybridized carbons (Fsp3) is 0.500. The van der Waals surface area contributed by atoms with Crippen LogP contribution in [-0.4, -0.2) is 6.04 Å². The molecule has 11 heavy (non-hydrogen) atoms. The monoisotopic (exact) mass is 233 g/mol. The Kier molecular flexibility index (Phi) is 3.55. The predicted octanol–water partition coefficient (Wildman–Crippen LogP) is 2.79. The van der Waals surface area contributed by atoms with Gasteiger partial charge in [0.15, 0.2) is 0 Å². The zero-order chi connectivity index (χ0) is 8.27. The van der Waals surface area contributed by atoms with Gasteiger partial charge < -0.3 is 5.73 Å². The Labute approximate surface area is 79.7 Å². The molecule has 1 heterocycles. The van der Waals surface area contributed by atoms with Crippen molar-refractivity contribution in [2.24, 2.45) is 5.73 Å². The minimum atomic E-state index is 0.314. The van der Waals surface area contributed by atoms with E-state index < -0.39 is 0 Å². The molecule has 0 radical (unpaired) electrons. The van der Waals surface area contributed by atoms with Crippen LogP contribution in [0.1, 0.15) is 18.9 Å². The van der Waals surface area contributed by atoms with Gasteiger partial charge in [0.25, 0.3) is 0 Å². The molecule has 0 spiro atoms. The number of thiophene rings is 1. The van der Waals surface area contributed by atoms with E-state index in [2.05, 4.69) is 27.4 Å². The van der Waals surface area contributed by atoms with E-state index in [0.29, 0.717) is 6.04 Å². The first-order valence-corrected chi connectivity index (χ1v) is 5.34. The van der Waals surface area contributed by atoms with Crippen LogP contribution in [0, 0.1) is 0 Å². The molecule has 0 aliphatic heterocycles. The van der Waals surface area contributed by atoms with Crippen molar-refractivity contribution < 1.29 is 0 Å². The van der Waals surface area contributed by atoms with Crippen molar-refractivity contribution in [2.45, 2.75) is 25.8 Å². The molecular formula is C8H12BrNS. The second kappa shape index (κ2) is 4.24. The number of hydrogen-bond acceptors (Lipinski definition) is 2. The fourth-order valence-corrected chi connectivity index (χ4v) is 2.11. The third kappa shape index (κ3) is 3.36. The van der Waals surface area contributed by atoms with Gasteiger partial charge in [-0.15, -0.1) is 11.3 Å². The zero-order valence-electron chi connectivity index (χ0n) is 6.51. The summed E-state index contributed by atoms with van der Waals surface area (Å²) >= 11 is 5.16. The largest absolute Gasteiger partial charge is 0.328 e. The van der Waals surface area contributed by atoms with Gasteiger partial charge in [0.2, 0.25) is 0 Å². The first-order chi connectivity index (χ1) is 5.18. The Morgan fingerprint density at radius 1 is 1.73 bits per heavy atom. The maximum absolute atomic E-state index is 5.64. The number of aryl methyl sites for hydroxylation is 1. The average Bonchev–Trinajstić information content (AvgIpc) is 2.31. The van der Waals surface area contributed by atoms with Crippen molar-refractivity contribution >= 4 is 27.3 Å². The second-order valence-corrected chi connectivity index (χ2v) is 5.07. The molecule has 3 heteroatoms. The van der Waals surface area contributed by atoms with E-state index in [1.807, 2.05) is 6.92 Å². The van der Waals surface area contributed by atoms with Crippen LogP contribution < -0.4 is 5.73 Å². The van der Waals surface area contributed by atoms with Gasteiger partial charge >= 0.3 is 0 Å². The van der Waals surface area contributed by atoms with Gasteiger partial charge in [0.05, 0.1) is 3.79 Å². The standard InChI is InChI=1S/C8H12BrNS/c1-6(10)2-3-7-4-8(9)11-5-7/h4-6H,2-3,10H2,1H3/t6-/m0/s1. The predicted molar refractivity (Wildman–Crippen MR) is 54.0 cm³/mol. The lowest BCUT2D eigenvalue weighted by atomic mass is 10.1. The molecule has 0 aliphatic carbocycles. The molecule has 0 unspecified atom stereocenters. The van der Waals surface area contributed by atoms with E-state index in [0.717, 1.165) is 12.8 Å². The lowest BCUT2D eigenvalue weighted by Crippen LogP contribution is -2.15. The SMILES string of the molecule is C[C@H](N)CCc1csc(Br)c1. The Morgan fingerprint density at radius 3 is 2.91 bits per heavy atom. The van der Waals surface area contributed by atoms with Gasteiger partial charge in [-0.3, -0.25) is 0 Å². The summed E-state index contributed by atoms with van der Waals surface area (Å²) in [4.78, 5) is 0. The van der Waals surface area contributed by atoms with Crippen LogP contribution in [0.4, 0.5) is 0 Å². The first-order valence-electron chi connectivity index (χ1n) is 3.67. The lowest BCUT2D eigenvalue weighted by Gasteiger charge is -2.01. The van der Waals surface area contributed by atoms with Crippen molar-refractivity contribution in [2.75, 3.05) is 0 Å². The van der Waals surface area contributed by atoms with Gasteiger partial charge in [-0.25, -0.2) is 0 Å². The Balaban J connectivity index is 2.39. The molecule has 1 aromatic rings. The van der Waals surface area contributed by atoms with Crippen LogP contribution in [0.2, 0.25) is 0 Å². The summed E-state index contributed by atoms with van der Waals surface area (Å²) in [5.41, 5.74) is 7.03. The zero-order valence-corrected chi connectivity index (χ0v) is 8.91. The molecule has 62 valence electrons. The van der Waals surface area contributed by atoms with E-state index in [9.17, 15) is 0 Å². The molecule has 0 saturated carbocycles. The molecule has 1 rings (SSSR count). The number of hydrogen-bond donors (Lipinski definition) is 1. The molecule has 0 aromatic carbocycles. The van der Waals surface area contributed by atoms with Crippen LogP contribution in [0.15, 0.2) is 15.2 Å². The van der Waals surface area contributed by atoms with Gasteiger partial charge in [0, 0.05) is 6.04 Å². The Bertz CT molecular complexity index is 220. The molecule has 0 saturated heterocycles. The van der Waals surface area contributed by atoms with Crippen molar-refractivity contribution in [1.29, 1.82) is 0 Å². The minimum absolute atomic E-state index is 0.314. The molecule has 0 amide bonds. The lowest BCUT2D eigenvalue weighted by molar-refractivity contribution is 0.667. The summed E-state index contributed by atoms with van der Waals surface area (Å²) in [5.74, 6) is 0. The molecule has 1 atom stereocenters. The highest BCUT2D eigenvalue weighted by molar-refractivity contribution is 9.11. The summed E-state index contributed by atoms with van der Waals surface area (Å²) in [6, 6.07) is 2.47. The van der Waals surface area contributed by atoms with Gasteiger partial charge in [0.1, 0.15) is 0 Å². The average molecular weight is 234 g/mol. The van der Waals surface area contributed by atoms with Crippen LogP contribution in [0.3, 0.4) is 0 Å². The quantitative estimate of drug-likeness (QED) is 0.855. The minimum Gasteiger partial charge on any atom is -0.328 e. The maximum atomic E-state index is 5.64. The van der Waals surface area contributed by atoms with Gasteiger partial charge in [-0.1, -0.05) is 0 Å². The van der Waals surface area contributed by atoms with Crippen molar-refractivity contribution in [3.63, 3.8) is 0 Å². The van der Waals surface area contributed by atoms with E-state index in [1.54, 1.807) is 11.3 Å². The van der Waals surface area contributed by atoms with Crippen molar-refractivity contribution in [3.05, 3.63) is 20.8 Å². The Morgan fingerprint density at radius 2 is 2.45 bits per heavy atom. The molecule has 0 aliphatic rings. The summed E-state index contributed by atoms with van der Waals surface area (Å²) in [6.45, 7) is 2.04. The smallest absolute Gasteiger partial charge is 0.0701 e. The summed E-state index contributed by atoms with van der Waals surface area (Å²) in [6.07, 6.45) is 2.17. The van der Waals surface area contributed by atoms with E-state index >= 15 is 0 Å². The molecular weight excluding hydrogens is 222 g/mol. The number of rotatable bonds is 3. The normalized spacial score (nSPS) is 13.4. The summed E-state index contributed by atoms with van der Waals surface area (Å²) in [5, 5.41) is 2.17. The molecule has 0 bridgehead atoms. The van der Waals surface area contributed by atoms with E-state index in [-0.39, 0.29) is 0 Å². The third-order valence-electron chi connectivity index (χ3n) is 1.51. The molecule has 2 N–H and O–H groups in total. The topological polar surface area (TPSA) is 26.0 Å². The van der Waals surface area contributed by atoms with Gasteiger partial charge in [-0.2, -0.15) is 0 Å². The van der Waals surface area contributed by atoms with Crippen molar-refractivity contribution in [3.8, 4) is 0 Å². The summed E-state index contributed by atoms with van der Waals surface area (Å²) in [7, 11) is 0. The fourth-order valence-electron chi connectivity index (χ4n) is 0.871. The molecule has 1 aromatic heterocycles. The molecule has 1 nitrogen and oxygen atoms in total. The highest BCUT2D eigenvalue weighted by Gasteiger charge is 1.98. The Hall–Kier alpha value is 0.140. The first kappa shape index (κ1) is 9.23. The van der Waals surface area contributed by atoms with Crippen molar-refractivity contribution in [1.82, 2.24) is 0 Å². The number of nitrogens with two attached hydrogens (primary N) is 1. The van der Waals surface area contributed by atoms with Crippen LogP contribution >= 0.6 is 27.3 Å². The van der Waals surface area contributed by atoms with E-state index in [4.69, 9.17) is 5.73 Å². The van der Waals surface area contributed by atoms with Crippen LogP contribution in [-0.2, 0) is 6.42 Å². The third-order valence-corrected chi connectivity index (χ3v) is 3.06. The van der Waals surface area contributed by atoms with Crippen LogP contribution in [0.5, 0.6) is 0 Å². The second-order valence-electron chi connectivity index (χ2n) is 2.78. The van der Waals surface area contributed by atoms with Crippen LogP contribution in [0.25, 0.3) is 0 Å². The highest BCUT2D eigenvalue weighted by atomic mass is 79.9. The summed E-state index contributed by atoms with van der Waals surface area (Å²) < 4.78 is 1.21. The molecule has 0 fully saturated rings. The number of halogens is 1. The van der Waals surface area contributed by atoms with E-state index in [1.165, 1.54) is 9.35 Å².